The molecular formula is C12H15Cl2F3N2O. The van der Waals surface area contributed by atoms with Gasteiger partial charge in [-0.05, 0) is 25.2 Å². The second kappa shape index (κ2) is 7.71. The van der Waals surface area contributed by atoms with Crippen LogP contribution in [-0.2, 0) is 11.0 Å². The molecule has 3 nitrogen and oxygen atoms in total. The third-order valence-electron chi connectivity index (χ3n) is 2.50. The van der Waals surface area contributed by atoms with Crippen LogP contribution in [0.1, 0.15) is 12.5 Å². The maximum absolute atomic E-state index is 12.6. The van der Waals surface area contributed by atoms with Crippen LogP contribution in [0.2, 0.25) is 5.02 Å². The molecule has 0 bridgehead atoms. The predicted octanol–water partition coefficient (Wildman–Crippen LogP) is 3.57. The van der Waals surface area contributed by atoms with E-state index < -0.39 is 16.8 Å². The number of amides is 1. The summed E-state index contributed by atoms with van der Waals surface area (Å²) in [6, 6.07) is 3.27. The highest BCUT2D eigenvalue weighted by molar-refractivity contribution is 6.31. The highest BCUT2D eigenvalue weighted by Crippen LogP contribution is 2.36. The normalized spacial score (nSPS) is 12.5. The summed E-state index contributed by atoms with van der Waals surface area (Å²) in [6.07, 6.45) is -4.55. The summed E-state index contributed by atoms with van der Waals surface area (Å²) in [5.41, 5.74) is -0.891. The number of nitrogens with one attached hydrogen (secondary N) is 2. The summed E-state index contributed by atoms with van der Waals surface area (Å²) < 4.78 is 37.9. The van der Waals surface area contributed by atoms with Crippen molar-refractivity contribution in [2.45, 2.75) is 13.1 Å². The van der Waals surface area contributed by atoms with E-state index in [2.05, 4.69) is 10.6 Å². The molecule has 8 heteroatoms. The summed E-state index contributed by atoms with van der Waals surface area (Å²) >= 11 is 5.49. The van der Waals surface area contributed by atoms with Crippen molar-refractivity contribution in [3.05, 3.63) is 28.8 Å². The monoisotopic (exact) mass is 330 g/mol. The van der Waals surface area contributed by atoms with E-state index >= 15 is 0 Å². The lowest BCUT2D eigenvalue weighted by molar-refractivity contribution is -0.137. The molecule has 1 aromatic carbocycles. The Bertz CT molecular complexity index is 467. The number of hydrogen-bond acceptors (Lipinski definition) is 2. The van der Waals surface area contributed by atoms with E-state index in [4.69, 9.17) is 11.6 Å². The first-order valence-corrected chi connectivity index (χ1v) is 5.95. The molecule has 1 atom stereocenters. The Morgan fingerprint density at radius 2 is 2.00 bits per heavy atom. The fourth-order valence-corrected chi connectivity index (χ4v) is 1.71. The topological polar surface area (TPSA) is 41.1 Å². The van der Waals surface area contributed by atoms with Gasteiger partial charge < -0.3 is 10.6 Å². The molecule has 2 N–H and O–H groups in total. The zero-order valence-corrected chi connectivity index (χ0v) is 12.4. The highest BCUT2D eigenvalue weighted by atomic mass is 35.5. The second-order valence-electron chi connectivity index (χ2n) is 4.14. The molecule has 0 radical (unpaired) electrons. The van der Waals surface area contributed by atoms with Crippen LogP contribution in [0.4, 0.5) is 18.9 Å². The Hall–Kier alpha value is -0.980. The minimum absolute atomic E-state index is 0. The molecule has 20 heavy (non-hydrogen) atoms. The molecule has 0 heterocycles. The zero-order valence-electron chi connectivity index (χ0n) is 10.8. The first-order valence-electron chi connectivity index (χ1n) is 5.58. The molecule has 1 unspecified atom stereocenters. The fraction of sp³-hybridized carbons (Fsp3) is 0.417. The van der Waals surface area contributed by atoms with Crippen molar-refractivity contribution in [3.8, 4) is 0 Å². The van der Waals surface area contributed by atoms with Gasteiger partial charge in [-0.25, -0.2) is 0 Å². The van der Waals surface area contributed by atoms with Gasteiger partial charge in [0, 0.05) is 18.2 Å². The van der Waals surface area contributed by atoms with Gasteiger partial charge in [0.05, 0.1) is 10.6 Å². The van der Waals surface area contributed by atoms with Gasteiger partial charge in [0.1, 0.15) is 0 Å². The SMILES string of the molecule is CNCC(C)C(=O)Nc1ccc(Cl)c(C(F)(F)F)c1.Cl. The summed E-state index contributed by atoms with van der Waals surface area (Å²) in [5.74, 6) is -0.709. The number of carbonyl (C=O) groups is 1. The maximum Gasteiger partial charge on any atom is 0.417 e. The molecule has 0 fully saturated rings. The molecule has 1 rings (SSSR count). The van der Waals surface area contributed by atoms with Gasteiger partial charge in [-0.2, -0.15) is 13.2 Å². The first kappa shape index (κ1) is 19.0. The van der Waals surface area contributed by atoms with Gasteiger partial charge in [0.2, 0.25) is 5.91 Å². The molecule has 0 aliphatic heterocycles. The average Bonchev–Trinajstić information content (AvgIpc) is 2.30. The Labute approximate surface area is 126 Å². The van der Waals surface area contributed by atoms with Gasteiger partial charge >= 0.3 is 6.18 Å². The molecule has 0 aliphatic carbocycles. The number of carbonyl (C=O) groups excluding carboxylic acids is 1. The van der Waals surface area contributed by atoms with E-state index in [1.165, 1.54) is 6.07 Å². The molecule has 114 valence electrons. The quantitative estimate of drug-likeness (QED) is 0.886. The van der Waals surface area contributed by atoms with E-state index in [9.17, 15) is 18.0 Å². The average molecular weight is 331 g/mol. The number of benzene rings is 1. The van der Waals surface area contributed by atoms with Gasteiger partial charge in [-0.3, -0.25) is 4.79 Å². The zero-order chi connectivity index (χ0) is 14.6. The van der Waals surface area contributed by atoms with Crippen LogP contribution in [0, 0.1) is 5.92 Å². The smallest absolute Gasteiger partial charge is 0.326 e. The van der Waals surface area contributed by atoms with Crippen LogP contribution in [0.3, 0.4) is 0 Å². The minimum atomic E-state index is -4.55. The van der Waals surface area contributed by atoms with Gasteiger partial charge in [-0.1, -0.05) is 18.5 Å². The number of anilines is 1. The van der Waals surface area contributed by atoms with Crippen molar-refractivity contribution in [2.75, 3.05) is 18.9 Å². The van der Waals surface area contributed by atoms with E-state index in [-0.39, 0.29) is 29.9 Å². The van der Waals surface area contributed by atoms with Crippen LogP contribution in [0.25, 0.3) is 0 Å². The molecule has 1 aromatic rings. The largest absolute Gasteiger partial charge is 0.417 e. The first-order chi connectivity index (χ1) is 8.75. The Morgan fingerprint density at radius 1 is 1.40 bits per heavy atom. The van der Waals surface area contributed by atoms with E-state index in [1.54, 1.807) is 14.0 Å². The highest BCUT2D eigenvalue weighted by Gasteiger charge is 2.33. The number of hydrogen-bond donors (Lipinski definition) is 2. The Balaban J connectivity index is 0.00000361. The predicted molar refractivity (Wildman–Crippen MR) is 75.4 cm³/mol. The van der Waals surface area contributed by atoms with E-state index in [1.807, 2.05) is 0 Å². The Morgan fingerprint density at radius 3 is 2.50 bits per heavy atom. The lowest BCUT2D eigenvalue weighted by Gasteiger charge is -2.14. The Kier molecular flexibility index (Phi) is 7.33. The summed E-state index contributed by atoms with van der Waals surface area (Å²) in [7, 11) is 1.69. The van der Waals surface area contributed by atoms with Crippen molar-refractivity contribution >= 4 is 35.6 Å². The van der Waals surface area contributed by atoms with Crippen LogP contribution in [-0.4, -0.2) is 19.5 Å². The third kappa shape index (κ3) is 5.19. The van der Waals surface area contributed by atoms with E-state index in [0.717, 1.165) is 12.1 Å². The van der Waals surface area contributed by atoms with Crippen LogP contribution in [0.15, 0.2) is 18.2 Å². The number of rotatable bonds is 4. The molecule has 0 aliphatic rings. The van der Waals surface area contributed by atoms with Gasteiger partial charge in [0.15, 0.2) is 0 Å². The maximum atomic E-state index is 12.6. The summed E-state index contributed by atoms with van der Waals surface area (Å²) in [6.45, 7) is 2.11. The van der Waals surface area contributed by atoms with E-state index in [0.29, 0.717) is 6.54 Å². The third-order valence-corrected chi connectivity index (χ3v) is 2.83. The molecule has 1 amide bonds. The van der Waals surface area contributed by atoms with Crippen molar-refractivity contribution < 1.29 is 18.0 Å². The lowest BCUT2D eigenvalue weighted by Crippen LogP contribution is -2.28. The van der Waals surface area contributed by atoms with Crippen molar-refractivity contribution in [3.63, 3.8) is 0 Å². The van der Waals surface area contributed by atoms with Crippen LogP contribution >= 0.6 is 24.0 Å². The fourth-order valence-electron chi connectivity index (χ4n) is 1.48. The lowest BCUT2D eigenvalue weighted by atomic mass is 10.1. The van der Waals surface area contributed by atoms with Crippen molar-refractivity contribution in [1.82, 2.24) is 5.32 Å². The number of alkyl halides is 3. The minimum Gasteiger partial charge on any atom is -0.326 e. The van der Waals surface area contributed by atoms with Gasteiger partial charge in [-0.15, -0.1) is 12.4 Å². The molecule has 0 saturated carbocycles. The summed E-state index contributed by atoms with van der Waals surface area (Å²) in [4.78, 5) is 11.7. The molecule has 0 aromatic heterocycles. The standard InChI is InChI=1S/C12H14ClF3N2O.ClH/c1-7(6-17-2)11(19)18-8-3-4-10(13)9(5-8)12(14,15)16;/h3-5,7,17H,6H2,1-2H3,(H,18,19);1H. The molecule has 0 spiro atoms. The second-order valence-corrected chi connectivity index (χ2v) is 4.55. The van der Waals surface area contributed by atoms with Crippen LogP contribution < -0.4 is 10.6 Å². The number of halogens is 5. The van der Waals surface area contributed by atoms with Gasteiger partial charge in [0.25, 0.3) is 0 Å². The van der Waals surface area contributed by atoms with Crippen molar-refractivity contribution in [1.29, 1.82) is 0 Å². The van der Waals surface area contributed by atoms with Crippen LogP contribution in [0.5, 0.6) is 0 Å². The van der Waals surface area contributed by atoms with Crippen molar-refractivity contribution in [2.24, 2.45) is 5.92 Å². The molecule has 0 saturated heterocycles. The molecular weight excluding hydrogens is 316 g/mol. The summed E-state index contributed by atoms with van der Waals surface area (Å²) in [5, 5.41) is 4.85.